The van der Waals surface area contributed by atoms with Crippen LogP contribution in [0.1, 0.15) is 41.0 Å². The third-order valence-corrected chi connectivity index (χ3v) is 3.24. The number of hydrogen-bond acceptors (Lipinski definition) is 2. The predicted molar refractivity (Wildman–Crippen MR) is 60.4 cm³/mol. The van der Waals surface area contributed by atoms with Crippen molar-refractivity contribution in [3.05, 3.63) is 0 Å². The van der Waals surface area contributed by atoms with Crippen LogP contribution in [-0.2, 0) is 4.74 Å². The molecule has 1 N–H and O–H groups in total. The first kappa shape index (κ1) is 12.0. The maximum absolute atomic E-state index is 6.18. The zero-order valence-corrected chi connectivity index (χ0v) is 10.3. The van der Waals surface area contributed by atoms with E-state index in [0.29, 0.717) is 12.0 Å². The van der Waals surface area contributed by atoms with E-state index in [0.717, 1.165) is 25.4 Å². The predicted octanol–water partition coefficient (Wildman–Crippen LogP) is 2.44. The fraction of sp³-hybridized carbons (Fsp3) is 1.00. The molecule has 0 saturated carbocycles. The highest BCUT2D eigenvalue weighted by atomic mass is 16.5. The molecule has 1 aliphatic heterocycles. The molecular formula is C12H25NO. The summed E-state index contributed by atoms with van der Waals surface area (Å²) in [6.45, 7) is 13.2. The summed E-state index contributed by atoms with van der Waals surface area (Å²) in [5, 5.41) is 3.49. The van der Waals surface area contributed by atoms with Crippen molar-refractivity contribution in [3.63, 3.8) is 0 Å². The highest BCUT2D eigenvalue weighted by Gasteiger charge is 2.35. The van der Waals surface area contributed by atoms with E-state index in [9.17, 15) is 0 Å². The van der Waals surface area contributed by atoms with Gasteiger partial charge in [-0.1, -0.05) is 27.7 Å². The van der Waals surface area contributed by atoms with E-state index in [-0.39, 0.29) is 5.60 Å². The average Bonchev–Trinajstić information content (AvgIpc) is 2.02. The maximum Gasteiger partial charge on any atom is 0.0805 e. The van der Waals surface area contributed by atoms with Gasteiger partial charge in [0.15, 0.2) is 0 Å². The Kier molecular flexibility index (Phi) is 3.96. The molecule has 2 atom stereocenters. The van der Waals surface area contributed by atoms with Crippen LogP contribution in [0, 0.1) is 11.8 Å². The van der Waals surface area contributed by atoms with Gasteiger partial charge in [-0.2, -0.15) is 0 Å². The van der Waals surface area contributed by atoms with Crippen LogP contribution in [0.25, 0.3) is 0 Å². The summed E-state index contributed by atoms with van der Waals surface area (Å²) in [7, 11) is 0. The number of ether oxygens (including phenoxy) is 1. The smallest absolute Gasteiger partial charge is 0.0805 e. The summed E-state index contributed by atoms with van der Waals surface area (Å²) in [5.41, 5.74) is 0.0256. The monoisotopic (exact) mass is 199 g/mol. The molecule has 2 unspecified atom stereocenters. The summed E-state index contributed by atoms with van der Waals surface area (Å²) in [5.74, 6) is 1.29. The molecule has 0 aromatic carbocycles. The molecule has 0 aliphatic carbocycles. The first-order valence-electron chi connectivity index (χ1n) is 5.82. The van der Waals surface area contributed by atoms with Crippen LogP contribution in [0.5, 0.6) is 0 Å². The molecule has 2 heteroatoms. The van der Waals surface area contributed by atoms with Gasteiger partial charge in [0.1, 0.15) is 0 Å². The minimum Gasteiger partial charge on any atom is -0.369 e. The Morgan fingerprint density at radius 2 is 2.00 bits per heavy atom. The Morgan fingerprint density at radius 1 is 1.36 bits per heavy atom. The second-order valence-electron chi connectivity index (χ2n) is 5.47. The highest BCUT2D eigenvalue weighted by molar-refractivity contribution is 4.88. The second-order valence-corrected chi connectivity index (χ2v) is 5.47. The molecular weight excluding hydrogens is 174 g/mol. The second kappa shape index (κ2) is 4.63. The molecule has 2 nitrogen and oxygen atoms in total. The van der Waals surface area contributed by atoms with Crippen molar-refractivity contribution in [1.29, 1.82) is 0 Å². The third-order valence-electron chi connectivity index (χ3n) is 3.24. The van der Waals surface area contributed by atoms with E-state index >= 15 is 0 Å². The van der Waals surface area contributed by atoms with Gasteiger partial charge in [0.2, 0.25) is 0 Å². The van der Waals surface area contributed by atoms with Gasteiger partial charge in [0.25, 0.3) is 0 Å². The zero-order valence-electron chi connectivity index (χ0n) is 10.3. The lowest BCUT2D eigenvalue weighted by molar-refractivity contribution is -0.134. The zero-order chi connectivity index (χ0) is 10.8. The molecule has 0 spiro atoms. The van der Waals surface area contributed by atoms with Crippen molar-refractivity contribution in [2.45, 2.75) is 52.7 Å². The quantitative estimate of drug-likeness (QED) is 0.754. The SMILES string of the molecule is CC(C)CC1CNCC(C)(C(C)C)O1. The molecule has 0 aromatic heterocycles. The minimum atomic E-state index is 0.0256. The van der Waals surface area contributed by atoms with Gasteiger partial charge in [-0.05, 0) is 25.2 Å². The van der Waals surface area contributed by atoms with Crippen molar-refractivity contribution < 1.29 is 4.74 Å². The first-order valence-corrected chi connectivity index (χ1v) is 5.82. The van der Waals surface area contributed by atoms with E-state index < -0.39 is 0 Å². The Balaban J connectivity index is 2.51. The number of nitrogens with one attached hydrogen (secondary N) is 1. The Labute approximate surface area is 88.4 Å². The lowest BCUT2D eigenvalue weighted by Gasteiger charge is -2.42. The molecule has 14 heavy (non-hydrogen) atoms. The molecule has 1 saturated heterocycles. The number of hydrogen-bond donors (Lipinski definition) is 1. The van der Waals surface area contributed by atoms with Crippen molar-refractivity contribution in [1.82, 2.24) is 5.32 Å². The van der Waals surface area contributed by atoms with Crippen molar-refractivity contribution in [2.24, 2.45) is 11.8 Å². The normalized spacial score (nSPS) is 34.1. The summed E-state index contributed by atoms with van der Waals surface area (Å²) < 4.78 is 6.18. The van der Waals surface area contributed by atoms with Crippen LogP contribution in [-0.4, -0.2) is 24.8 Å². The molecule has 84 valence electrons. The molecule has 0 radical (unpaired) electrons. The van der Waals surface area contributed by atoms with Crippen LogP contribution >= 0.6 is 0 Å². The van der Waals surface area contributed by atoms with E-state index in [1.807, 2.05) is 0 Å². The molecule has 1 fully saturated rings. The van der Waals surface area contributed by atoms with Crippen molar-refractivity contribution >= 4 is 0 Å². The molecule has 0 amide bonds. The van der Waals surface area contributed by atoms with Crippen LogP contribution in [0.15, 0.2) is 0 Å². The Hall–Kier alpha value is -0.0800. The van der Waals surface area contributed by atoms with Gasteiger partial charge in [-0.15, -0.1) is 0 Å². The summed E-state index contributed by atoms with van der Waals surface area (Å²) >= 11 is 0. The van der Waals surface area contributed by atoms with Gasteiger partial charge in [0.05, 0.1) is 11.7 Å². The maximum atomic E-state index is 6.18. The number of rotatable bonds is 3. The van der Waals surface area contributed by atoms with Gasteiger partial charge in [-0.25, -0.2) is 0 Å². The summed E-state index contributed by atoms with van der Waals surface area (Å²) in [4.78, 5) is 0. The van der Waals surface area contributed by atoms with E-state index in [1.54, 1.807) is 0 Å². The van der Waals surface area contributed by atoms with Gasteiger partial charge >= 0.3 is 0 Å². The molecule has 1 aliphatic rings. The molecule has 0 bridgehead atoms. The minimum absolute atomic E-state index is 0.0256. The fourth-order valence-corrected chi connectivity index (χ4v) is 1.94. The topological polar surface area (TPSA) is 21.3 Å². The third kappa shape index (κ3) is 2.96. The lowest BCUT2D eigenvalue weighted by Crippen LogP contribution is -2.55. The van der Waals surface area contributed by atoms with Gasteiger partial charge < -0.3 is 10.1 Å². The molecule has 1 rings (SSSR count). The van der Waals surface area contributed by atoms with E-state index in [4.69, 9.17) is 4.74 Å². The highest BCUT2D eigenvalue weighted by Crippen LogP contribution is 2.27. The van der Waals surface area contributed by atoms with Crippen molar-refractivity contribution in [2.75, 3.05) is 13.1 Å². The van der Waals surface area contributed by atoms with E-state index in [2.05, 4.69) is 39.9 Å². The van der Waals surface area contributed by atoms with Gasteiger partial charge in [-0.3, -0.25) is 0 Å². The Morgan fingerprint density at radius 3 is 2.50 bits per heavy atom. The fourth-order valence-electron chi connectivity index (χ4n) is 1.94. The molecule has 1 heterocycles. The van der Waals surface area contributed by atoms with E-state index in [1.165, 1.54) is 0 Å². The van der Waals surface area contributed by atoms with Crippen LogP contribution in [0.2, 0.25) is 0 Å². The first-order chi connectivity index (χ1) is 6.44. The van der Waals surface area contributed by atoms with Gasteiger partial charge in [0, 0.05) is 13.1 Å². The molecule has 0 aromatic rings. The summed E-state index contributed by atoms with van der Waals surface area (Å²) in [6.07, 6.45) is 1.56. The number of morpholine rings is 1. The standard InChI is InChI=1S/C12H25NO/c1-9(2)6-11-7-13-8-12(5,14-11)10(3)4/h9-11,13H,6-8H2,1-5H3. The van der Waals surface area contributed by atoms with Crippen LogP contribution in [0.4, 0.5) is 0 Å². The Bertz CT molecular complexity index is 179. The lowest BCUT2D eigenvalue weighted by atomic mass is 9.89. The van der Waals surface area contributed by atoms with Crippen LogP contribution in [0.3, 0.4) is 0 Å². The summed E-state index contributed by atoms with van der Waals surface area (Å²) in [6, 6.07) is 0. The van der Waals surface area contributed by atoms with Crippen LogP contribution < -0.4 is 5.32 Å². The average molecular weight is 199 g/mol. The largest absolute Gasteiger partial charge is 0.369 e. The van der Waals surface area contributed by atoms with Crippen molar-refractivity contribution in [3.8, 4) is 0 Å².